The number of aryl methyl sites for hydroxylation is 2. The van der Waals surface area contributed by atoms with Crippen LogP contribution in [0.15, 0.2) is 12.3 Å². The molecular formula is C15H18F3N7O2. The Morgan fingerprint density at radius 2 is 2.07 bits per heavy atom. The molecule has 2 aromatic heterocycles. The summed E-state index contributed by atoms with van der Waals surface area (Å²) in [4.78, 5) is 27.3. The lowest BCUT2D eigenvalue weighted by Gasteiger charge is -2.14. The molecule has 0 saturated heterocycles. The van der Waals surface area contributed by atoms with E-state index < -0.39 is 18.1 Å². The molecule has 4 heterocycles. The van der Waals surface area contributed by atoms with Crippen LogP contribution in [0.1, 0.15) is 41.7 Å². The maximum absolute atomic E-state index is 12.4. The van der Waals surface area contributed by atoms with Crippen molar-refractivity contribution >= 4 is 17.6 Å². The minimum Gasteiger partial charge on any atom is -0.363 e. The molecule has 2 N–H and O–H groups in total. The Bertz CT molecular complexity index is 858. The van der Waals surface area contributed by atoms with Gasteiger partial charge in [-0.05, 0) is 12.8 Å². The van der Waals surface area contributed by atoms with Crippen LogP contribution in [-0.4, -0.2) is 49.6 Å². The van der Waals surface area contributed by atoms with E-state index >= 15 is 0 Å². The van der Waals surface area contributed by atoms with Crippen LogP contribution in [-0.2, 0) is 17.8 Å². The summed E-state index contributed by atoms with van der Waals surface area (Å²) < 4.78 is 39.9. The van der Waals surface area contributed by atoms with Gasteiger partial charge in [0.15, 0.2) is 0 Å². The van der Waals surface area contributed by atoms with E-state index in [2.05, 4.69) is 15.2 Å². The number of nitrogens with zero attached hydrogens (tertiary/aromatic N) is 6. The van der Waals surface area contributed by atoms with Gasteiger partial charge in [-0.25, -0.2) is 14.3 Å². The fourth-order valence-electron chi connectivity index (χ4n) is 3.03. The highest BCUT2D eigenvalue weighted by molar-refractivity contribution is 5.92. The van der Waals surface area contributed by atoms with Crippen molar-refractivity contribution in [1.82, 2.24) is 24.5 Å². The molecule has 0 fully saturated rings. The lowest BCUT2D eigenvalue weighted by atomic mass is 10.2. The average Bonchev–Trinajstić information content (AvgIpc) is 3.26. The number of rotatable bonds is 1. The van der Waals surface area contributed by atoms with Crippen LogP contribution in [0.2, 0.25) is 0 Å². The van der Waals surface area contributed by atoms with Crippen molar-refractivity contribution in [2.75, 3.05) is 11.9 Å². The van der Waals surface area contributed by atoms with E-state index in [1.807, 2.05) is 10.7 Å². The van der Waals surface area contributed by atoms with Crippen molar-refractivity contribution in [3.63, 3.8) is 0 Å². The van der Waals surface area contributed by atoms with Crippen molar-refractivity contribution < 1.29 is 22.8 Å². The maximum Gasteiger partial charge on any atom is 0.410 e. The molecule has 0 bridgehead atoms. The third kappa shape index (κ3) is 3.78. The van der Waals surface area contributed by atoms with Crippen molar-refractivity contribution in [2.45, 2.75) is 44.4 Å². The Kier molecular flexibility index (Phi) is 4.89. The van der Waals surface area contributed by atoms with Gasteiger partial charge < -0.3 is 10.6 Å². The molecule has 4 rings (SSSR count). The molecule has 1 unspecified atom stereocenters. The molecule has 0 spiro atoms. The second-order valence-corrected chi connectivity index (χ2v) is 6.23. The van der Waals surface area contributed by atoms with Crippen LogP contribution in [0.25, 0.3) is 0 Å². The molecular weight excluding hydrogens is 367 g/mol. The fourth-order valence-corrected chi connectivity index (χ4v) is 3.03. The average molecular weight is 385 g/mol. The second kappa shape index (κ2) is 7.00. The molecule has 0 radical (unpaired) electrons. The summed E-state index contributed by atoms with van der Waals surface area (Å²) in [5.74, 6) is -0.0466. The molecule has 2 aliphatic heterocycles. The Balaban J connectivity index is 0.000000159. The number of alkyl halides is 3. The molecule has 0 saturated carbocycles. The molecule has 12 heteroatoms. The summed E-state index contributed by atoms with van der Waals surface area (Å²) in [5, 5.41) is 7.57. The summed E-state index contributed by atoms with van der Waals surface area (Å²) in [6.45, 7) is 0.846. The minimum atomic E-state index is -4.37. The molecule has 1 atom stereocenters. The van der Waals surface area contributed by atoms with E-state index in [1.54, 1.807) is 18.1 Å². The number of amides is 2. The summed E-state index contributed by atoms with van der Waals surface area (Å²) in [7, 11) is 1.79. The Hall–Kier alpha value is -2.92. The largest absolute Gasteiger partial charge is 0.410 e. The lowest BCUT2D eigenvalue weighted by molar-refractivity contribution is -0.168. The molecule has 146 valence electrons. The number of hydrogen-bond acceptors (Lipinski definition) is 5. The molecule has 2 amide bonds. The van der Waals surface area contributed by atoms with Crippen molar-refractivity contribution in [2.24, 2.45) is 5.73 Å². The van der Waals surface area contributed by atoms with Gasteiger partial charge in [-0.1, -0.05) is 0 Å². The zero-order chi connectivity index (χ0) is 19.8. The van der Waals surface area contributed by atoms with Crippen molar-refractivity contribution in [1.29, 1.82) is 0 Å². The molecule has 2 aromatic rings. The summed E-state index contributed by atoms with van der Waals surface area (Å²) in [6.07, 6.45) is -1.06. The third-order valence-corrected chi connectivity index (χ3v) is 4.41. The molecule has 0 aromatic carbocycles. The number of nitrogens with two attached hydrogens (primary N) is 1. The third-order valence-electron chi connectivity index (χ3n) is 4.41. The van der Waals surface area contributed by atoms with Gasteiger partial charge in [-0.15, -0.1) is 5.10 Å². The van der Waals surface area contributed by atoms with E-state index in [4.69, 9.17) is 5.73 Å². The zero-order valence-corrected chi connectivity index (χ0v) is 14.5. The first kappa shape index (κ1) is 18.9. The highest BCUT2D eigenvalue weighted by Crippen LogP contribution is 2.38. The quantitative estimate of drug-likeness (QED) is 0.789. The number of fused-ring (bicyclic) bond motifs is 2. The Morgan fingerprint density at radius 3 is 2.74 bits per heavy atom. The number of hydrogen-bond donors (Lipinski definition) is 1. The summed E-state index contributed by atoms with van der Waals surface area (Å²) >= 11 is 0. The maximum atomic E-state index is 12.4. The number of anilines is 1. The van der Waals surface area contributed by atoms with E-state index in [0.29, 0.717) is 6.42 Å². The summed E-state index contributed by atoms with van der Waals surface area (Å²) in [6, 6.07) is 0.177. The standard InChI is InChI=1S/C8H11N3O.C7H7F3N4O/c1-10-7-4-5-9-11(7)6-2-3-8(10)12;8-7(9,10)3-1-2-4-12-6(5(11)15)13-14(3)4/h4-5H,2-3,6H2,1H3;3H,1-2H2,(H2,11,15). The van der Waals surface area contributed by atoms with Gasteiger partial charge in [0.2, 0.25) is 11.7 Å². The van der Waals surface area contributed by atoms with Crippen LogP contribution < -0.4 is 10.6 Å². The van der Waals surface area contributed by atoms with Crippen molar-refractivity contribution in [3.8, 4) is 0 Å². The van der Waals surface area contributed by atoms with Gasteiger partial charge in [0, 0.05) is 32.5 Å². The minimum absolute atomic E-state index is 0.0854. The topological polar surface area (TPSA) is 112 Å². The van der Waals surface area contributed by atoms with Crippen LogP contribution in [0.3, 0.4) is 0 Å². The van der Waals surface area contributed by atoms with Gasteiger partial charge in [0.25, 0.3) is 5.91 Å². The van der Waals surface area contributed by atoms with Crippen LogP contribution >= 0.6 is 0 Å². The van der Waals surface area contributed by atoms with E-state index in [1.165, 1.54) is 0 Å². The Morgan fingerprint density at radius 1 is 1.33 bits per heavy atom. The predicted molar refractivity (Wildman–Crippen MR) is 86.8 cm³/mol. The molecule has 27 heavy (non-hydrogen) atoms. The van der Waals surface area contributed by atoms with Gasteiger partial charge in [0.05, 0.1) is 6.20 Å². The first-order valence-corrected chi connectivity index (χ1v) is 8.28. The van der Waals surface area contributed by atoms with E-state index in [-0.39, 0.29) is 30.4 Å². The van der Waals surface area contributed by atoms with Crippen LogP contribution in [0.5, 0.6) is 0 Å². The second-order valence-electron chi connectivity index (χ2n) is 6.23. The van der Waals surface area contributed by atoms with Gasteiger partial charge >= 0.3 is 6.18 Å². The van der Waals surface area contributed by atoms with E-state index in [0.717, 1.165) is 23.5 Å². The molecule has 0 aliphatic carbocycles. The number of carbonyl (C=O) groups excluding carboxylic acids is 2. The zero-order valence-electron chi connectivity index (χ0n) is 14.5. The van der Waals surface area contributed by atoms with E-state index in [9.17, 15) is 22.8 Å². The van der Waals surface area contributed by atoms with Gasteiger partial charge in [0.1, 0.15) is 17.7 Å². The normalized spacial score (nSPS) is 19.0. The highest BCUT2D eigenvalue weighted by atomic mass is 19.4. The number of halogens is 3. The highest BCUT2D eigenvalue weighted by Gasteiger charge is 2.46. The van der Waals surface area contributed by atoms with Crippen molar-refractivity contribution in [3.05, 3.63) is 23.9 Å². The monoisotopic (exact) mass is 385 g/mol. The first-order valence-electron chi connectivity index (χ1n) is 8.28. The first-order chi connectivity index (χ1) is 12.7. The molecule has 9 nitrogen and oxygen atoms in total. The smallest absolute Gasteiger partial charge is 0.363 e. The lowest BCUT2D eigenvalue weighted by Crippen LogP contribution is -2.25. The van der Waals surface area contributed by atoms with Crippen LogP contribution in [0.4, 0.5) is 19.0 Å². The number of primary amides is 1. The van der Waals surface area contributed by atoms with Gasteiger partial charge in [-0.3, -0.25) is 9.59 Å². The van der Waals surface area contributed by atoms with Crippen LogP contribution in [0, 0.1) is 0 Å². The molecule has 2 aliphatic rings. The fraction of sp³-hybridized carbons (Fsp3) is 0.533. The van der Waals surface area contributed by atoms with Gasteiger partial charge in [-0.2, -0.15) is 18.3 Å². The number of carbonyl (C=O) groups is 2. The summed E-state index contributed by atoms with van der Waals surface area (Å²) in [5.41, 5.74) is 4.87. The SMILES string of the molecule is CN1C(=O)CCCn2nccc21.NC(=O)c1nc2n(n1)C(C(F)(F)F)CC2. The number of aromatic nitrogens is 5. The predicted octanol–water partition coefficient (Wildman–Crippen LogP) is 1.07. The Labute approximate surface area is 151 Å².